The lowest BCUT2D eigenvalue weighted by atomic mass is 9.99. The number of hydrogen-bond donors (Lipinski definition) is 4. The number of nitrogens with one attached hydrogen (secondary N) is 2. The zero-order valence-corrected chi connectivity index (χ0v) is 24.9. The third kappa shape index (κ3) is 13.3. The minimum Gasteiger partial charge on any atom is -0.444 e. The molecule has 2 aromatic rings. The maximum absolute atomic E-state index is 12.5. The van der Waals surface area contributed by atoms with Gasteiger partial charge < -0.3 is 35.2 Å². The lowest BCUT2D eigenvalue weighted by molar-refractivity contribution is 0.0262. The fourth-order valence-electron chi connectivity index (χ4n) is 4.19. The number of likely N-dealkylation sites (N-methyl/N-ethyl adjacent to an activating group) is 1. The van der Waals surface area contributed by atoms with Gasteiger partial charge in [-0.3, -0.25) is 0 Å². The number of hydrogen-bond acceptors (Lipinski definition) is 7. The van der Waals surface area contributed by atoms with Crippen LogP contribution in [0, 0.1) is 0 Å². The molecule has 40 heavy (non-hydrogen) atoms. The number of alkyl carbamates (subject to hydrolysis) is 2. The summed E-state index contributed by atoms with van der Waals surface area (Å²) in [7, 11) is 1.77. The van der Waals surface area contributed by atoms with Gasteiger partial charge in [-0.05, 0) is 72.6 Å². The van der Waals surface area contributed by atoms with Crippen LogP contribution in [0.2, 0.25) is 0 Å². The van der Waals surface area contributed by atoms with E-state index in [1.807, 2.05) is 60.7 Å². The average molecular weight is 558 g/mol. The zero-order chi connectivity index (χ0) is 29.9. The SMILES string of the molecule is CN(CC(O)C(Cc1ccccc1)NC(=O)OC(C)(C)C)C[C@@H](O)[C@H](Cc1ccccc1)NC(=O)OC(C)(C)C. The van der Waals surface area contributed by atoms with Crippen molar-refractivity contribution < 1.29 is 29.3 Å². The fourth-order valence-corrected chi connectivity index (χ4v) is 4.19. The maximum Gasteiger partial charge on any atom is 0.407 e. The van der Waals surface area contributed by atoms with Crippen LogP contribution in [-0.2, 0) is 22.3 Å². The van der Waals surface area contributed by atoms with E-state index in [-0.39, 0.29) is 13.1 Å². The molecule has 0 aliphatic heterocycles. The Morgan fingerprint density at radius 1 is 0.700 bits per heavy atom. The molecule has 0 heterocycles. The van der Waals surface area contributed by atoms with Gasteiger partial charge in [-0.15, -0.1) is 0 Å². The number of amides is 2. The van der Waals surface area contributed by atoms with Gasteiger partial charge in [0.1, 0.15) is 11.2 Å². The van der Waals surface area contributed by atoms with E-state index in [1.165, 1.54) is 0 Å². The van der Waals surface area contributed by atoms with Crippen LogP contribution >= 0.6 is 0 Å². The Labute approximate surface area is 238 Å². The van der Waals surface area contributed by atoms with Crippen LogP contribution in [0.5, 0.6) is 0 Å². The molecule has 0 spiro atoms. The van der Waals surface area contributed by atoms with E-state index >= 15 is 0 Å². The van der Waals surface area contributed by atoms with Crippen molar-refractivity contribution in [2.45, 2.75) is 89.9 Å². The molecule has 0 aliphatic rings. The lowest BCUT2D eigenvalue weighted by Crippen LogP contribution is -2.53. The Morgan fingerprint density at radius 3 is 1.32 bits per heavy atom. The van der Waals surface area contributed by atoms with Crippen LogP contribution in [0.15, 0.2) is 60.7 Å². The van der Waals surface area contributed by atoms with E-state index in [0.29, 0.717) is 12.8 Å². The maximum atomic E-state index is 12.5. The second kappa shape index (κ2) is 15.0. The second-order valence-electron chi connectivity index (χ2n) is 12.2. The standard InChI is InChI=1S/C31H47N3O6/c1-30(2,3)39-28(37)32-24(18-22-14-10-8-11-15-22)26(35)20-34(7)21-27(36)25(19-23-16-12-9-13-17-23)33-29(38)40-31(4,5)6/h8-17,24-27,35-36H,18-21H2,1-7H3,(H,32,37)(H,33,38)/t24-,25?,26+,27?/m0/s1. The van der Waals surface area contributed by atoms with Crippen LogP contribution < -0.4 is 10.6 Å². The number of rotatable bonds is 12. The number of aliphatic hydroxyl groups is 2. The van der Waals surface area contributed by atoms with E-state index in [4.69, 9.17) is 9.47 Å². The summed E-state index contributed by atoms with van der Waals surface area (Å²) in [6.45, 7) is 11.0. The predicted molar refractivity (Wildman–Crippen MR) is 156 cm³/mol. The van der Waals surface area contributed by atoms with Gasteiger partial charge in [0, 0.05) is 13.1 Å². The summed E-state index contributed by atoms with van der Waals surface area (Å²) in [6, 6.07) is 17.9. The number of carbonyl (C=O) groups excluding carboxylic acids is 2. The number of aliphatic hydroxyl groups excluding tert-OH is 2. The summed E-state index contributed by atoms with van der Waals surface area (Å²) in [4.78, 5) is 26.9. The molecule has 2 aromatic carbocycles. The highest BCUT2D eigenvalue weighted by Gasteiger charge is 2.29. The Morgan fingerprint density at radius 2 is 1.02 bits per heavy atom. The van der Waals surface area contributed by atoms with Crippen LogP contribution in [-0.4, -0.2) is 82.9 Å². The van der Waals surface area contributed by atoms with Gasteiger partial charge in [-0.1, -0.05) is 60.7 Å². The average Bonchev–Trinajstić information content (AvgIpc) is 2.82. The molecule has 0 aliphatic carbocycles. The first-order valence-corrected chi connectivity index (χ1v) is 13.7. The quantitative estimate of drug-likeness (QED) is 0.312. The highest BCUT2D eigenvalue weighted by atomic mass is 16.6. The van der Waals surface area contributed by atoms with Gasteiger partial charge in [0.2, 0.25) is 0 Å². The van der Waals surface area contributed by atoms with Crippen molar-refractivity contribution in [3.63, 3.8) is 0 Å². The third-order valence-electron chi connectivity index (χ3n) is 5.93. The Hall–Kier alpha value is -3.14. The molecule has 2 rings (SSSR count). The van der Waals surface area contributed by atoms with Crippen LogP contribution in [0.4, 0.5) is 9.59 Å². The van der Waals surface area contributed by atoms with Crippen molar-refractivity contribution in [2.24, 2.45) is 0 Å². The summed E-state index contributed by atoms with van der Waals surface area (Å²) in [5, 5.41) is 27.9. The molecule has 0 aromatic heterocycles. The summed E-state index contributed by atoms with van der Waals surface area (Å²) in [5.74, 6) is 0. The normalized spacial score (nSPS) is 15.1. The van der Waals surface area contributed by atoms with Crippen molar-refractivity contribution in [3.8, 4) is 0 Å². The Kier molecular flexibility index (Phi) is 12.4. The highest BCUT2D eigenvalue weighted by molar-refractivity contribution is 5.68. The molecule has 0 saturated carbocycles. The molecule has 2 unspecified atom stereocenters. The lowest BCUT2D eigenvalue weighted by Gasteiger charge is -2.32. The highest BCUT2D eigenvalue weighted by Crippen LogP contribution is 2.13. The van der Waals surface area contributed by atoms with E-state index in [9.17, 15) is 19.8 Å². The summed E-state index contributed by atoms with van der Waals surface area (Å²) in [5.41, 5.74) is 0.550. The van der Waals surface area contributed by atoms with Crippen LogP contribution in [0.1, 0.15) is 52.7 Å². The van der Waals surface area contributed by atoms with E-state index < -0.39 is 47.7 Å². The number of benzene rings is 2. The van der Waals surface area contributed by atoms with Gasteiger partial charge >= 0.3 is 12.2 Å². The van der Waals surface area contributed by atoms with Gasteiger partial charge in [0.05, 0.1) is 24.3 Å². The Balaban J connectivity index is 2.10. The summed E-state index contributed by atoms with van der Waals surface area (Å²) < 4.78 is 10.8. The summed E-state index contributed by atoms with van der Waals surface area (Å²) >= 11 is 0. The Bertz CT molecular complexity index is 953. The summed E-state index contributed by atoms with van der Waals surface area (Å²) in [6.07, 6.45) is -2.35. The van der Waals surface area contributed by atoms with E-state index in [2.05, 4.69) is 10.6 Å². The number of ether oxygens (including phenoxy) is 2. The predicted octanol–water partition coefficient (Wildman–Crippen LogP) is 3.91. The smallest absolute Gasteiger partial charge is 0.407 e. The van der Waals surface area contributed by atoms with Crippen molar-refractivity contribution in [3.05, 3.63) is 71.8 Å². The molecule has 0 bridgehead atoms. The molecule has 4 atom stereocenters. The molecular weight excluding hydrogens is 510 g/mol. The minimum atomic E-state index is -0.962. The van der Waals surface area contributed by atoms with Crippen molar-refractivity contribution in [1.29, 1.82) is 0 Å². The molecule has 0 fully saturated rings. The molecule has 0 radical (unpaired) electrons. The zero-order valence-electron chi connectivity index (χ0n) is 24.9. The molecule has 0 saturated heterocycles. The molecule has 9 nitrogen and oxygen atoms in total. The monoisotopic (exact) mass is 557 g/mol. The fraction of sp³-hybridized carbons (Fsp3) is 0.548. The molecule has 9 heteroatoms. The molecule has 222 valence electrons. The molecular formula is C31H47N3O6. The van der Waals surface area contributed by atoms with E-state index in [1.54, 1.807) is 53.5 Å². The van der Waals surface area contributed by atoms with Gasteiger partial charge in [-0.25, -0.2) is 9.59 Å². The third-order valence-corrected chi connectivity index (χ3v) is 5.93. The molecule has 4 N–H and O–H groups in total. The van der Waals surface area contributed by atoms with Crippen LogP contribution in [0.25, 0.3) is 0 Å². The largest absolute Gasteiger partial charge is 0.444 e. The molecule has 2 amide bonds. The first-order chi connectivity index (χ1) is 18.6. The number of nitrogens with zero attached hydrogens (tertiary/aromatic N) is 1. The van der Waals surface area contributed by atoms with Crippen molar-refractivity contribution in [1.82, 2.24) is 15.5 Å². The number of carbonyl (C=O) groups is 2. The first-order valence-electron chi connectivity index (χ1n) is 13.7. The second-order valence-corrected chi connectivity index (χ2v) is 12.2. The minimum absolute atomic E-state index is 0.162. The van der Waals surface area contributed by atoms with Crippen LogP contribution in [0.3, 0.4) is 0 Å². The van der Waals surface area contributed by atoms with Gasteiger partial charge in [0.15, 0.2) is 0 Å². The van der Waals surface area contributed by atoms with Gasteiger partial charge in [-0.2, -0.15) is 0 Å². The first kappa shape index (κ1) is 33.1. The van der Waals surface area contributed by atoms with E-state index in [0.717, 1.165) is 11.1 Å². The van der Waals surface area contributed by atoms with Crippen molar-refractivity contribution >= 4 is 12.2 Å². The van der Waals surface area contributed by atoms with Crippen molar-refractivity contribution in [2.75, 3.05) is 20.1 Å². The van der Waals surface area contributed by atoms with Gasteiger partial charge in [0.25, 0.3) is 0 Å². The topological polar surface area (TPSA) is 120 Å².